The van der Waals surface area contributed by atoms with Crippen LogP contribution >= 0.6 is 21.8 Å². The molecule has 0 spiro atoms. The van der Waals surface area contributed by atoms with Crippen LogP contribution in [0.1, 0.15) is 13.8 Å². The quantitative estimate of drug-likeness (QED) is 0.393. The monoisotopic (exact) mass is 224 g/mol. The molecule has 0 unspecified atom stereocenters. The second kappa shape index (κ2) is 8.52. The molecule has 4 nitrogen and oxygen atoms in total. The van der Waals surface area contributed by atoms with Crippen LogP contribution in [0.4, 0.5) is 4.79 Å². The van der Waals surface area contributed by atoms with E-state index in [0.29, 0.717) is 0 Å². The summed E-state index contributed by atoms with van der Waals surface area (Å²) in [6, 6.07) is 0. The molecule has 1 amide bonds. The van der Waals surface area contributed by atoms with Gasteiger partial charge in [0.05, 0.1) is 0 Å². The number of rotatable bonds is 7. The van der Waals surface area contributed by atoms with Gasteiger partial charge in [-0.15, -0.1) is 0 Å². The predicted octanol–water partition coefficient (Wildman–Crippen LogP) is 1.89. The summed E-state index contributed by atoms with van der Waals surface area (Å²) in [5.74, 6) is 0.937. The first kappa shape index (κ1) is 12.9. The van der Waals surface area contributed by atoms with Crippen molar-refractivity contribution in [2.45, 2.75) is 13.8 Å². The molecule has 0 fully saturated rings. The van der Waals surface area contributed by atoms with Gasteiger partial charge in [0.2, 0.25) is 0 Å². The second-order valence-electron chi connectivity index (χ2n) is 2.34. The molecule has 0 aromatic heterocycles. The van der Waals surface area contributed by atoms with Crippen LogP contribution in [0.5, 0.6) is 0 Å². The summed E-state index contributed by atoms with van der Waals surface area (Å²) in [5.41, 5.74) is 0. The molecule has 0 atom stereocenters. The maximum absolute atomic E-state index is 10.1. The van der Waals surface area contributed by atoms with Gasteiger partial charge in [0.25, 0.3) is 0 Å². The fourth-order valence-electron chi connectivity index (χ4n) is 0.813. The predicted molar refractivity (Wildman–Crippen MR) is 59.0 cm³/mol. The van der Waals surface area contributed by atoms with Crippen molar-refractivity contribution in [2.24, 2.45) is 0 Å². The molecule has 0 rings (SSSR count). The van der Waals surface area contributed by atoms with Gasteiger partial charge < -0.3 is 10.0 Å². The highest BCUT2D eigenvalue weighted by Crippen LogP contribution is 2.16. The SMILES string of the molecule is CCN(CC)CCSSNC(=O)O. The van der Waals surface area contributed by atoms with Crippen LogP contribution in [0.2, 0.25) is 0 Å². The van der Waals surface area contributed by atoms with E-state index in [1.807, 2.05) is 0 Å². The van der Waals surface area contributed by atoms with Crippen LogP contribution in [-0.2, 0) is 0 Å². The second-order valence-corrected chi connectivity index (χ2v) is 4.56. The zero-order chi connectivity index (χ0) is 10.1. The Morgan fingerprint density at radius 1 is 1.46 bits per heavy atom. The highest BCUT2D eigenvalue weighted by atomic mass is 33.1. The molecular weight excluding hydrogens is 208 g/mol. The third-order valence-corrected chi connectivity index (χ3v) is 3.40. The van der Waals surface area contributed by atoms with Gasteiger partial charge >= 0.3 is 6.09 Å². The standard InChI is InChI=1S/C7H16N2O2S2/c1-3-9(4-2)5-6-12-13-8-7(10)11/h8H,3-6H2,1-2H3,(H,10,11). The van der Waals surface area contributed by atoms with Gasteiger partial charge in [0, 0.05) is 23.3 Å². The van der Waals surface area contributed by atoms with Crippen LogP contribution in [0.15, 0.2) is 0 Å². The number of carbonyl (C=O) groups is 1. The van der Waals surface area contributed by atoms with Crippen LogP contribution < -0.4 is 4.72 Å². The average Bonchev–Trinajstić information content (AvgIpc) is 2.11. The molecule has 0 aliphatic carbocycles. The third kappa shape index (κ3) is 8.27. The van der Waals surface area contributed by atoms with E-state index in [1.54, 1.807) is 0 Å². The van der Waals surface area contributed by atoms with Crippen molar-refractivity contribution in [2.75, 3.05) is 25.4 Å². The lowest BCUT2D eigenvalue weighted by atomic mass is 10.5. The Hall–Kier alpha value is -0.0700. The lowest BCUT2D eigenvalue weighted by Crippen LogP contribution is -2.25. The van der Waals surface area contributed by atoms with Crippen LogP contribution in [0.25, 0.3) is 0 Å². The van der Waals surface area contributed by atoms with Gasteiger partial charge in [-0.1, -0.05) is 24.6 Å². The van der Waals surface area contributed by atoms with Gasteiger partial charge in [0.15, 0.2) is 0 Å². The number of amides is 1. The van der Waals surface area contributed by atoms with Crippen LogP contribution in [0, 0.1) is 0 Å². The first-order chi connectivity index (χ1) is 6.20. The fourth-order valence-corrected chi connectivity index (χ4v) is 2.22. The van der Waals surface area contributed by atoms with E-state index in [2.05, 4.69) is 23.5 Å². The van der Waals surface area contributed by atoms with Crippen molar-refractivity contribution in [1.29, 1.82) is 0 Å². The molecule has 0 aliphatic heterocycles. The summed E-state index contributed by atoms with van der Waals surface area (Å²) in [6.07, 6.45) is -0.986. The van der Waals surface area contributed by atoms with Gasteiger partial charge in [-0.05, 0) is 13.1 Å². The lowest BCUT2D eigenvalue weighted by Gasteiger charge is -2.16. The molecule has 2 N–H and O–H groups in total. The average molecular weight is 224 g/mol. The van der Waals surface area contributed by atoms with Crippen molar-refractivity contribution in [3.63, 3.8) is 0 Å². The smallest absolute Gasteiger partial charge is 0.415 e. The van der Waals surface area contributed by atoms with Gasteiger partial charge in [-0.3, -0.25) is 4.72 Å². The molecule has 6 heteroatoms. The minimum atomic E-state index is -0.986. The topological polar surface area (TPSA) is 52.6 Å². The number of carboxylic acid groups (broad SMARTS) is 1. The Kier molecular flexibility index (Phi) is 8.48. The highest BCUT2D eigenvalue weighted by molar-refractivity contribution is 8.76. The van der Waals surface area contributed by atoms with E-state index < -0.39 is 6.09 Å². The Morgan fingerprint density at radius 3 is 2.54 bits per heavy atom. The maximum Gasteiger partial charge on any atom is 0.415 e. The molecule has 0 bridgehead atoms. The van der Waals surface area contributed by atoms with E-state index in [-0.39, 0.29) is 0 Å². The summed E-state index contributed by atoms with van der Waals surface area (Å²) in [7, 11) is 2.69. The van der Waals surface area contributed by atoms with Crippen molar-refractivity contribution < 1.29 is 9.90 Å². The highest BCUT2D eigenvalue weighted by Gasteiger charge is 1.99. The molecule has 0 aromatic carbocycles. The summed E-state index contributed by atoms with van der Waals surface area (Å²) in [5, 5.41) is 8.26. The number of hydrogen-bond donors (Lipinski definition) is 2. The van der Waals surface area contributed by atoms with E-state index >= 15 is 0 Å². The molecule has 78 valence electrons. The summed E-state index contributed by atoms with van der Waals surface area (Å²) in [4.78, 5) is 12.4. The lowest BCUT2D eigenvalue weighted by molar-refractivity contribution is 0.202. The summed E-state index contributed by atoms with van der Waals surface area (Å²) in [6.45, 7) is 7.35. The Bertz CT molecular complexity index is 142. The van der Waals surface area contributed by atoms with Crippen molar-refractivity contribution >= 4 is 27.9 Å². The maximum atomic E-state index is 10.1. The van der Waals surface area contributed by atoms with E-state index in [4.69, 9.17) is 5.11 Å². The van der Waals surface area contributed by atoms with Crippen molar-refractivity contribution in [3.05, 3.63) is 0 Å². The van der Waals surface area contributed by atoms with Crippen molar-refractivity contribution in [3.8, 4) is 0 Å². The third-order valence-electron chi connectivity index (χ3n) is 1.57. The van der Waals surface area contributed by atoms with E-state index in [1.165, 1.54) is 10.8 Å². The van der Waals surface area contributed by atoms with Gasteiger partial charge in [-0.2, -0.15) is 0 Å². The minimum absolute atomic E-state index is 0.937. The Balaban J connectivity index is 3.19. The minimum Gasteiger partial charge on any atom is -0.464 e. The number of nitrogens with zero attached hydrogens (tertiary/aromatic N) is 1. The molecule has 13 heavy (non-hydrogen) atoms. The summed E-state index contributed by atoms with van der Waals surface area (Å²) >= 11 is 0. The first-order valence-corrected chi connectivity index (χ1v) is 6.52. The summed E-state index contributed by atoms with van der Waals surface area (Å²) < 4.78 is 2.23. The molecule has 0 radical (unpaired) electrons. The van der Waals surface area contributed by atoms with E-state index in [0.717, 1.165) is 36.4 Å². The zero-order valence-corrected chi connectivity index (χ0v) is 9.58. The Labute approximate surface area is 87.0 Å². The Morgan fingerprint density at radius 2 is 2.08 bits per heavy atom. The van der Waals surface area contributed by atoms with Crippen LogP contribution in [0.3, 0.4) is 0 Å². The molecule has 0 saturated heterocycles. The number of nitrogens with one attached hydrogen (secondary N) is 1. The van der Waals surface area contributed by atoms with Gasteiger partial charge in [0.1, 0.15) is 0 Å². The molecule has 0 saturated carbocycles. The largest absolute Gasteiger partial charge is 0.464 e. The molecular formula is C7H16N2O2S2. The van der Waals surface area contributed by atoms with Crippen molar-refractivity contribution in [1.82, 2.24) is 9.62 Å². The number of hydrogen-bond acceptors (Lipinski definition) is 4. The molecule has 0 aromatic rings. The molecule has 0 heterocycles. The first-order valence-electron chi connectivity index (χ1n) is 4.20. The van der Waals surface area contributed by atoms with E-state index in [9.17, 15) is 4.79 Å². The molecule has 0 aliphatic rings. The van der Waals surface area contributed by atoms with Crippen LogP contribution in [-0.4, -0.2) is 41.5 Å². The normalized spacial score (nSPS) is 10.4. The van der Waals surface area contributed by atoms with Gasteiger partial charge in [-0.25, -0.2) is 4.79 Å². The fraction of sp³-hybridized carbons (Fsp3) is 0.857. The zero-order valence-electron chi connectivity index (χ0n) is 7.95.